The number of halogens is 2. The predicted molar refractivity (Wildman–Crippen MR) is 145 cm³/mol. The lowest BCUT2D eigenvalue weighted by Crippen LogP contribution is -2.29. The van der Waals surface area contributed by atoms with E-state index >= 15 is 0 Å². The minimum Gasteiger partial charge on any atom is -0.507 e. The van der Waals surface area contributed by atoms with E-state index in [1.54, 1.807) is 36.4 Å². The van der Waals surface area contributed by atoms with E-state index in [2.05, 4.69) is 16.9 Å². The molecule has 1 fully saturated rings. The standard InChI is InChI=1S/C28H23ClFN3O4S/c1-2-3-4-13-37-18-7-5-17(6-8-18)25(34)23-24(16-9-11-31-12-10-16)33(27(36)26(23)35)28-32-21-14-19(29)20(30)15-22(21)38-28/h5-12,14-15,24,34H,2-4,13H2,1H3/b25-23+. The number of unbranched alkanes of at least 4 members (excludes halogenated alkanes) is 2. The molecule has 0 bridgehead atoms. The zero-order valence-electron chi connectivity index (χ0n) is 20.4. The molecule has 1 atom stereocenters. The van der Waals surface area contributed by atoms with Crippen molar-refractivity contribution >= 4 is 55.7 Å². The van der Waals surface area contributed by atoms with Crippen LogP contribution in [-0.4, -0.2) is 33.4 Å². The third-order valence-electron chi connectivity index (χ3n) is 6.24. The number of aromatic nitrogens is 2. The van der Waals surface area contributed by atoms with E-state index in [1.807, 2.05) is 0 Å². The Kier molecular flexibility index (Phi) is 7.40. The summed E-state index contributed by atoms with van der Waals surface area (Å²) in [7, 11) is 0. The Hall–Kier alpha value is -3.82. The molecular weight excluding hydrogens is 529 g/mol. The minimum atomic E-state index is -0.969. The molecule has 38 heavy (non-hydrogen) atoms. The summed E-state index contributed by atoms with van der Waals surface area (Å²) in [6, 6.07) is 11.7. The number of aliphatic hydroxyl groups excluding tert-OH is 1. The van der Waals surface area contributed by atoms with Gasteiger partial charge in [0.2, 0.25) is 0 Å². The Morgan fingerprint density at radius 1 is 1.13 bits per heavy atom. The monoisotopic (exact) mass is 551 g/mol. The molecule has 2 aromatic heterocycles. The van der Waals surface area contributed by atoms with Crippen LogP contribution >= 0.6 is 22.9 Å². The van der Waals surface area contributed by atoms with Crippen LogP contribution in [0.1, 0.15) is 43.4 Å². The van der Waals surface area contributed by atoms with Gasteiger partial charge in [-0.3, -0.25) is 19.5 Å². The normalized spacial score (nSPS) is 16.9. The van der Waals surface area contributed by atoms with Crippen LogP contribution in [0.25, 0.3) is 16.0 Å². The van der Waals surface area contributed by atoms with Crippen molar-refractivity contribution in [3.05, 3.63) is 88.5 Å². The number of ether oxygens (including phenoxy) is 1. The molecule has 4 aromatic rings. The van der Waals surface area contributed by atoms with E-state index in [-0.39, 0.29) is 21.5 Å². The van der Waals surface area contributed by atoms with Gasteiger partial charge in [0.1, 0.15) is 17.3 Å². The number of hydrogen-bond acceptors (Lipinski definition) is 7. The fraction of sp³-hybridized carbons (Fsp3) is 0.214. The molecule has 10 heteroatoms. The molecule has 3 heterocycles. The van der Waals surface area contributed by atoms with Crippen LogP contribution in [0.15, 0.2) is 66.5 Å². The van der Waals surface area contributed by atoms with Gasteiger partial charge in [0.05, 0.1) is 33.5 Å². The van der Waals surface area contributed by atoms with Crippen molar-refractivity contribution in [2.24, 2.45) is 0 Å². The van der Waals surface area contributed by atoms with Crippen LogP contribution < -0.4 is 9.64 Å². The number of carbonyl (C=O) groups excluding carboxylic acids is 2. The molecule has 1 unspecified atom stereocenters. The smallest absolute Gasteiger partial charge is 0.301 e. The SMILES string of the molecule is CCCCCOc1ccc(/C(O)=C2\C(=O)C(=O)N(c3nc4cc(Cl)c(F)cc4s3)C2c2ccncc2)cc1. The molecule has 1 saturated heterocycles. The van der Waals surface area contributed by atoms with Crippen molar-refractivity contribution in [2.45, 2.75) is 32.2 Å². The Morgan fingerprint density at radius 2 is 1.87 bits per heavy atom. The number of anilines is 1. The van der Waals surface area contributed by atoms with Crippen LogP contribution in [0.5, 0.6) is 5.75 Å². The number of benzene rings is 2. The lowest BCUT2D eigenvalue weighted by molar-refractivity contribution is -0.132. The maximum Gasteiger partial charge on any atom is 0.301 e. The van der Waals surface area contributed by atoms with Crippen molar-refractivity contribution < 1.29 is 23.8 Å². The van der Waals surface area contributed by atoms with Gasteiger partial charge >= 0.3 is 5.91 Å². The number of aliphatic hydroxyl groups is 1. The average molecular weight is 552 g/mol. The summed E-state index contributed by atoms with van der Waals surface area (Å²) >= 11 is 6.97. The average Bonchev–Trinajstić information content (AvgIpc) is 3.44. The van der Waals surface area contributed by atoms with E-state index in [1.165, 1.54) is 29.4 Å². The zero-order chi connectivity index (χ0) is 26.8. The summed E-state index contributed by atoms with van der Waals surface area (Å²) in [6.07, 6.45) is 6.18. The highest BCUT2D eigenvalue weighted by Gasteiger charge is 2.48. The summed E-state index contributed by atoms with van der Waals surface area (Å²) in [6.45, 7) is 2.70. The summed E-state index contributed by atoms with van der Waals surface area (Å²) in [4.78, 5) is 36.4. The third-order valence-corrected chi connectivity index (χ3v) is 7.54. The van der Waals surface area contributed by atoms with Gasteiger partial charge in [-0.25, -0.2) is 9.37 Å². The zero-order valence-corrected chi connectivity index (χ0v) is 21.9. The van der Waals surface area contributed by atoms with Gasteiger partial charge in [0.15, 0.2) is 5.13 Å². The first-order valence-corrected chi connectivity index (χ1v) is 13.3. The number of ketones is 1. The largest absolute Gasteiger partial charge is 0.507 e. The highest BCUT2D eigenvalue weighted by atomic mass is 35.5. The molecule has 1 amide bonds. The first-order valence-electron chi connectivity index (χ1n) is 12.1. The lowest BCUT2D eigenvalue weighted by atomic mass is 9.96. The predicted octanol–water partition coefficient (Wildman–Crippen LogP) is 6.68. The van der Waals surface area contributed by atoms with Gasteiger partial charge < -0.3 is 9.84 Å². The number of thiazole rings is 1. The molecule has 0 aliphatic carbocycles. The van der Waals surface area contributed by atoms with Crippen LogP contribution in [0.4, 0.5) is 9.52 Å². The van der Waals surface area contributed by atoms with E-state index in [9.17, 15) is 19.1 Å². The number of pyridine rings is 1. The van der Waals surface area contributed by atoms with Crippen LogP contribution in [0.2, 0.25) is 5.02 Å². The molecule has 1 aliphatic rings. The van der Waals surface area contributed by atoms with Crippen LogP contribution in [-0.2, 0) is 9.59 Å². The third kappa shape index (κ3) is 4.87. The number of fused-ring (bicyclic) bond motifs is 1. The second-order valence-electron chi connectivity index (χ2n) is 8.76. The number of rotatable bonds is 8. The molecule has 0 saturated carbocycles. The summed E-state index contributed by atoms with van der Waals surface area (Å²) in [5, 5.41) is 11.4. The van der Waals surface area contributed by atoms with E-state index in [0.717, 1.165) is 30.6 Å². The van der Waals surface area contributed by atoms with E-state index in [0.29, 0.717) is 33.7 Å². The van der Waals surface area contributed by atoms with Gasteiger partial charge in [-0.2, -0.15) is 0 Å². The molecule has 0 spiro atoms. The molecule has 5 rings (SSSR count). The number of Topliss-reactive ketones (excluding diaryl/α,β-unsaturated/α-hetero) is 1. The fourth-order valence-electron chi connectivity index (χ4n) is 4.31. The van der Waals surface area contributed by atoms with Crippen molar-refractivity contribution in [3.63, 3.8) is 0 Å². The summed E-state index contributed by atoms with van der Waals surface area (Å²) in [5.74, 6) is -1.99. The Bertz CT molecular complexity index is 1500. The maximum absolute atomic E-state index is 14.1. The first-order chi connectivity index (χ1) is 18.4. The molecule has 1 aliphatic heterocycles. The molecule has 194 valence electrons. The number of nitrogens with zero attached hydrogens (tertiary/aromatic N) is 3. The van der Waals surface area contributed by atoms with Gasteiger partial charge in [0, 0.05) is 18.0 Å². The first kappa shape index (κ1) is 25.8. The van der Waals surface area contributed by atoms with Gasteiger partial charge in [-0.1, -0.05) is 42.7 Å². The fourth-order valence-corrected chi connectivity index (χ4v) is 5.47. The van der Waals surface area contributed by atoms with Crippen molar-refractivity contribution in [1.82, 2.24) is 9.97 Å². The molecular formula is C28H23ClFN3O4S. The van der Waals surface area contributed by atoms with Gasteiger partial charge in [0.25, 0.3) is 5.78 Å². The molecule has 2 aromatic carbocycles. The van der Waals surface area contributed by atoms with Crippen molar-refractivity contribution in [3.8, 4) is 5.75 Å². The Morgan fingerprint density at radius 3 is 2.58 bits per heavy atom. The highest BCUT2D eigenvalue weighted by Crippen LogP contribution is 2.44. The second kappa shape index (κ2) is 10.9. The van der Waals surface area contributed by atoms with Crippen molar-refractivity contribution in [2.75, 3.05) is 11.5 Å². The summed E-state index contributed by atoms with van der Waals surface area (Å²) < 4.78 is 20.3. The minimum absolute atomic E-state index is 0.0821. The van der Waals surface area contributed by atoms with Crippen molar-refractivity contribution in [1.29, 1.82) is 0 Å². The van der Waals surface area contributed by atoms with Crippen LogP contribution in [0.3, 0.4) is 0 Å². The topological polar surface area (TPSA) is 92.6 Å². The van der Waals surface area contributed by atoms with E-state index < -0.39 is 23.5 Å². The Labute approximate surface area is 227 Å². The Balaban J connectivity index is 1.56. The second-order valence-corrected chi connectivity index (χ2v) is 10.2. The molecule has 1 N–H and O–H groups in total. The van der Waals surface area contributed by atoms with Crippen LogP contribution in [0, 0.1) is 5.82 Å². The van der Waals surface area contributed by atoms with E-state index in [4.69, 9.17) is 16.3 Å². The number of hydrogen-bond donors (Lipinski definition) is 1. The number of carbonyl (C=O) groups is 2. The van der Waals surface area contributed by atoms with Gasteiger partial charge in [-0.05, 0) is 60.5 Å². The summed E-state index contributed by atoms with van der Waals surface area (Å²) in [5.41, 5.74) is 1.23. The van der Waals surface area contributed by atoms with Gasteiger partial charge in [-0.15, -0.1) is 0 Å². The maximum atomic E-state index is 14.1. The highest BCUT2D eigenvalue weighted by molar-refractivity contribution is 7.22. The molecule has 7 nitrogen and oxygen atoms in total. The quantitative estimate of drug-likeness (QED) is 0.114. The lowest BCUT2D eigenvalue weighted by Gasteiger charge is -2.22. The molecule has 0 radical (unpaired) electrons. The number of amides is 1.